The Labute approximate surface area is 116 Å². The monoisotopic (exact) mass is 269 g/mol. The van der Waals surface area contributed by atoms with E-state index < -0.39 is 0 Å². The van der Waals surface area contributed by atoms with Gasteiger partial charge < -0.3 is 10.2 Å². The molecule has 0 saturated carbocycles. The molecule has 1 unspecified atom stereocenters. The second-order valence-electron chi connectivity index (χ2n) is 5.00. The molecule has 1 atom stereocenters. The topological polar surface area (TPSA) is 28.2 Å². The molecule has 1 heterocycles. The Kier molecular flexibility index (Phi) is 6.09. The van der Waals surface area contributed by atoms with Crippen LogP contribution in [0.15, 0.2) is 0 Å². The van der Waals surface area contributed by atoms with E-state index >= 15 is 0 Å². The quantitative estimate of drug-likeness (QED) is 0.817. The molecule has 104 valence electrons. The van der Waals surface area contributed by atoms with Crippen molar-refractivity contribution in [3.05, 3.63) is 10.6 Å². The zero-order valence-corrected chi connectivity index (χ0v) is 13.4. The smallest absolute Gasteiger partial charge is 0.186 e. The molecule has 18 heavy (non-hydrogen) atoms. The fourth-order valence-electron chi connectivity index (χ4n) is 2.09. The van der Waals surface area contributed by atoms with Crippen LogP contribution in [-0.2, 0) is 0 Å². The van der Waals surface area contributed by atoms with Gasteiger partial charge in [-0.1, -0.05) is 6.92 Å². The van der Waals surface area contributed by atoms with E-state index in [2.05, 4.69) is 51.8 Å². The molecule has 1 aromatic heterocycles. The zero-order valence-electron chi connectivity index (χ0n) is 12.6. The molecule has 1 N–H and O–H groups in total. The van der Waals surface area contributed by atoms with Crippen molar-refractivity contribution in [3.8, 4) is 0 Å². The molecule has 3 nitrogen and oxygen atoms in total. The van der Waals surface area contributed by atoms with Crippen molar-refractivity contribution in [2.75, 3.05) is 18.0 Å². The molecule has 0 fully saturated rings. The lowest BCUT2D eigenvalue weighted by atomic mass is 10.2. The van der Waals surface area contributed by atoms with Gasteiger partial charge in [0, 0.05) is 23.5 Å². The molecule has 4 heteroatoms. The molecule has 0 amide bonds. The van der Waals surface area contributed by atoms with Crippen LogP contribution < -0.4 is 10.2 Å². The minimum Gasteiger partial charge on any atom is -0.346 e. The third kappa shape index (κ3) is 3.69. The summed E-state index contributed by atoms with van der Waals surface area (Å²) in [5.74, 6) is 0. The van der Waals surface area contributed by atoms with E-state index in [9.17, 15) is 0 Å². The van der Waals surface area contributed by atoms with Crippen LogP contribution in [0, 0.1) is 6.92 Å². The Hall–Kier alpha value is -0.610. The van der Waals surface area contributed by atoms with Crippen LogP contribution in [0.1, 0.15) is 57.7 Å². The largest absolute Gasteiger partial charge is 0.346 e. The Morgan fingerprint density at radius 1 is 1.28 bits per heavy atom. The van der Waals surface area contributed by atoms with Gasteiger partial charge in [-0.25, -0.2) is 4.98 Å². The number of rotatable bonds is 7. The fourth-order valence-corrected chi connectivity index (χ4v) is 3.38. The van der Waals surface area contributed by atoms with E-state index in [1.165, 1.54) is 17.0 Å². The predicted octanol–water partition coefficient (Wildman–Crippen LogP) is 3.75. The average molecular weight is 269 g/mol. The van der Waals surface area contributed by atoms with Gasteiger partial charge in [0.15, 0.2) is 5.13 Å². The second kappa shape index (κ2) is 7.10. The number of nitrogens with one attached hydrogen (secondary N) is 1. The number of nitrogens with zero attached hydrogens (tertiary/aromatic N) is 2. The van der Waals surface area contributed by atoms with E-state index in [0.29, 0.717) is 12.1 Å². The van der Waals surface area contributed by atoms with E-state index in [4.69, 9.17) is 4.98 Å². The third-order valence-electron chi connectivity index (χ3n) is 3.12. The van der Waals surface area contributed by atoms with Crippen LogP contribution in [0.25, 0.3) is 0 Å². The molecule has 0 radical (unpaired) electrons. The van der Waals surface area contributed by atoms with E-state index in [0.717, 1.165) is 18.2 Å². The van der Waals surface area contributed by atoms with Crippen LogP contribution in [0.5, 0.6) is 0 Å². The van der Waals surface area contributed by atoms with Crippen molar-refractivity contribution in [2.45, 2.75) is 60.0 Å². The molecule has 0 spiro atoms. The Bertz CT molecular complexity index is 360. The van der Waals surface area contributed by atoms with Gasteiger partial charge in [-0.15, -0.1) is 11.3 Å². The molecule has 1 aromatic rings. The minimum atomic E-state index is 0.405. The van der Waals surface area contributed by atoms with Gasteiger partial charge >= 0.3 is 0 Å². The first-order valence-corrected chi connectivity index (χ1v) is 7.80. The van der Waals surface area contributed by atoms with Crippen molar-refractivity contribution in [2.24, 2.45) is 0 Å². The number of aryl methyl sites for hydroxylation is 1. The van der Waals surface area contributed by atoms with E-state index in [1.54, 1.807) is 0 Å². The van der Waals surface area contributed by atoms with Crippen molar-refractivity contribution in [1.29, 1.82) is 0 Å². The molecule has 0 aliphatic rings. The summed E-state index contributed by atoms with van der Waals surface area (Å²) < 4.78 is 0. The summed E-state index contributed by atoms with van der Waals surface area (Å²) >= 11 is 1.83. The maximum Gasteiger partial charge on any atom is 0.186 e. The second-order valence-corrected chi connectivity index (χ2v) is 6.01. The molecule has 0 aliphatic heterocycles. The summed E-state index contributed by atoms with van der Waals surface area (Å²) in [6.07, 6.45) is 1.17. The number of hydrogen-bond donors (Lipinski definition) is 1. The van der Waals surface area contributed by atoms with Gasteiger partial charge in [-0.2, -0.15) is 0 Å². The highest BCUT2D eigenvalue weighted by molar-refractivity contribution is 7.15. The van der Waals surface area contributed by atoms with Gasteiger partial charge in [0.1, 0.15) is 0 Å². The highest BCUT2D eigenvalue weighted by Crippen LogP contribution is 2.31. The summed E-state index contributed by atoms with van der Waals surface area (Å²) in [6.45, 7) is 15.3. The fraction of sp³-hybridized carbons (Fsp3) is 0.786. The lowest BCUT2D eigenvalue weighted by molar-refractivity contribution is 0.575. The van der Waals surface area contributed by atoms with Crippen LogP contribution >= 0.6 is 11.3 Å². The Morgan fingerprint density at radius 2 is 1.94 bits per heavy atom. The third-order valence-corrected chi connectivity index (χ3v) is 4.50. The molecule has 0 aliphatic carbocycles. The average Bonchev–Trinajstić information content (AvgIpc) is 2.68. The van der Waals surface area contributed by atoms with E-state index in [1.807, 2.05) is 11.3 Å². The van der Waals surface area contributed by atoms with Crippen LogP contribution in [0.4, 0.5) is 5.13 Å². The Balaban J connectivity index is 2.86. The first-order chi connectivity index (χ1) is 8.51. The van der Waals surface area contributed by atoms with Crippen molar-refractivity contribution >= 4 is 16.5 Å². The summed E-state index contributed by atoms with van der Waals surface area (Å²) in [6, 6.07) is 0.911. The van der Waals surface area contributed by atoms with Crippen molar-refractivity contribution in [1.82, 2.24) is 10.3 Å². The number of thiazole rings is 1. The molecule has 1 rings (SSSR count). The van der Waals surface area contributed by atoms with Gasteiger partial charge in [0.25, 0.3) is 0 Å². The lowest BCUT2D eigenvalue weighted by Crippen LogP contribution is -2.30. The Morgan fingerprint density at radius 3 is 2.44 bits per heavy atom. The molecule has 0 saturated heterocycles. The molecular weight excluding hydrogens is 242 g/mol. The van der Waals surface area contributed by atoms with Crippen LogP contribution in [0.2, 0.25) is 0 Å². The summed E-state index contributed by atoms with van der Waals surface area (Å²) in [5.41, 5.74) is 1.17. The van der Waals surface area contributed by atoms with Gasteiger partial charge in [0.05, 0.1) is 5.69 Å². The predicted molar refractivity (Wildman–Crippen MR) is 81.7 cm³/mol. The molecule has 0 aromatic carbocycles. The van der Waals surface area contributed by atoms with Gasteiger partial charge in [-0.05, 0) is 47.6 Å². The SMILES string of the molecule is CCCNC(C)c1sc(N(CC)C(C)C)nc1C. The van der Waals surface area contributed by atoms with Crippen molar-refractivity contribution in [3.63, 3.8) is 0 Å². The standard InChI is InChI=1S/C14H27N3S/c1-7-9-15-11(5)13-12(6)16-14(18-13)17(8-2)10(3)4/h10-11,15H,7-9H2,1-6H3. The van der Waals surface area contributed by atoms with Crippen LogP contribution in [0.3, 0.4) is 0 Å². The first-order valence-electron chi connectivity index (χ1n) is 6.98. The zero-order chi connectivity index (χ0) is 13.7. The summed E-state index contributed by atoms with van der Waals surface area (Å²) in [7, 11) is 0. The number of anilines is 1. The maximum atomic E-state index is 4.74. The van der Waals surface area contributed by atoms with E-state index in [-0.39, 0.29) is 0 Å². The molecule has 0 bridgehead atoms. The number of hydrogen-bond acceptors (Lipinski definition) is 4. The van der Waals surface area contributed by atoms with Crippen LogP contribution in [-0.4, -0.2) is 24.1 Å². The van der Waals surface area contributed by atoms with Crippen molar-refractivity contribution < 1.29 is 0 Å². The summed E-state index contributed by atoms with van der Waals surface area (Å²) in [5, 5.41) is 4.70. The number of aromatic nitrogens is 1. The normalized spacial score (nSPS) is 13.1. The van der Waals surface area contributed by atoms with Gasteiger partial charge in [0.2, 0.25) is 0 Å². The highest BCUT2D eigenvalue weighted by Gasteiger charge is 2.18. The summed E-state index contributed by atoms with van der Waals surface area (Å²) in [4.78, 5) is 8.46. The highest BCUT2D eigenvalue weighted by atomic mass is 32.1. The van der Waals surface area contributed by atoms with Gasteiger partial charge in [-0.3, -0.25) is 0 Å². The first kappa shape index (κ1) is 15.4. The lowest BCUT2D eigenvalue weighted by Gasteiger charge is -2.24. The molecular formula is C14H27N3S. The maximum absolute atomic E-state index is 4.74. The minimum absolute atomic E-state index is 0.405.